The molecular weight excluding hydrogens is 382 g/mol. The van der Waals surface area contributed by atoms with Crippen molar-refractivity contribution in [2.24, 2.45) is 11.8 Å². The van der Waals surface area contributed by atoms with E-state index in [1.165, 1.54) is 0 Å². The lowest BCUT2D eigenvalue weighted by Gasteiger charge is -2.30. The number of nitrogens with zero attached hydrogens (tertiary/aromatic N) is 1. The van der Waals surface area contributed by atoms with E-state index in [4.69, 9.17) is 25.6 Å². The van der Waals surface area contributed by atoms with Crippen molar-refractivity contribution in [2.45, 2.75) is 27.0 Å². The van der Waals surface area contributed by atoms with Crippen LogP contribution in [0.25, 0.3) is 10.9 Å². The van der Waals surface area contributed by atoms with Crippen LogP contribution in [0.5, 0.6) is 5.75 Å². The van der Waals surface area contributed by atoms with Crippen LogP contribution in [0.15, 0.2) is 28.8 Å². The van der Waals surface area contributed by atoms with Gasteiger partial charge < -0.3 is 24.3 Å². The molecule has 148 valence electrons. The van der Waals surface area contributed by atoms with Crippen molar-refractivity contribution in [1.82, 2.24) is 15.5 Å². The van der Waals surface area contributed by atoms with Gasteiger partial charge in [-0.1, -0.05) is 23.7 Å². The zero-order chi connectivity index (χ0) is 19.7. The SMILES string of the molecule is Cc1cc(COc2cc3[nH]c(CNC(=O)[C@@H](C)C4COC4)cc3cc2Cl)on1. The molecule has 0 unspecified atom stereocenters. The molecule has 0 bridgehead atoms. The average molecular weight is 404 g/mol. The Labute approximate surface area is 167 Å². The van der Waals surface area contributed by atoms with Crippen LogP contribution in [0.2, 0.25) is 5.02 Å². The van der Waals surface area contributed by atoms with Gasteiger partial charge in [-0.25, -0.2) is 0 Å². The lowest BCUT2D eigenvalue weighted by atomic mass is 9.92. The molecule has 7 nitrogen and oxygen atoms in total. The summed E-state index contributed by atoms with van der Waals surface area (Å²) < 4.78 is 16.1. The number of aromatic nitrogens is 2. The highest BCUT2D eigenvalue weighted by Gasteiger charge is 2.29. The topological polar surface area (TPSA) is 89.4 Å². The van der Waals surface area contributed by atoms with Crippen LogP contribution in [0.1, 0.15) is 24.1 Å². The first kappa shape index (κ1) is 18.8. The third-order valence-corrected chi connectivity index (χ3v) is 5.31. The lowest BCUT2D eigenvalue weighted by Crippen LogP contribution is -2.41. The zero-order valence-electron chi connectivity index (χ0n) is 15.8. The maximum atomic E-state index is 12.3. The van der Waals surface area contributed by atoms with E-state index in [1.807, 2.05) is 38.1 Å². The molecule has 28 heavy (non-hydrogen) atoms. The molecule has 4 rings (SSSR count). The van der Waals surface area contributed by atoms with Gasteiger partial charge in [0.1, 0.15) is 12.4 Å². The summed E-state index contributed by atoms with van der Waals surface area (Å²) in [7, 11) is 0. The number of amides is 1. The summed E-state index contributed by atoms with van der Waals surface area (Å²) in [6.45, 7) is 5.79. The fraction of sp³-hybridized carbons (Fsp3) is 0.400. The fourth-order valence-electron chi connectivity index (χ4n) is 3.13. The maximum absolute atomic E-state index is 12.3. The highest BCUT2D eigenvalue weighted by molar-refractivity contribution is 6.32. The van der Waals surface area contributed by atoms with Gasteiger partial charge in [0.2, 0.25) is 5.91 Å². The predicted molar refractivity (Wildman–Crippen MR) is 104 cm³/mol. The summed E-state index contributed by atoms with van der Waals surface area (Å²) in [6, 6.07) is 7.48. The van der Waals surface area contributed by atoms with Crippen molar-refractivity contribution < 1.29 is 18.8 Å². The molecule has 0 radical (unpaired) electrons. The first-order valence-electron chi connectivity index (χ1n) is 9.21. The van der Waals surface area contributed by atoms with E-state index in [-0.39, 0.29) is 18.4 Å². The van der Waals surface area contributed by atoms with E-state index in [0.29, 0.717) is 42.2 Å². The number of halogens is 1. The minimum absolute atomic E-state index is 0.0383. The van der Waals surface area contributed by atoms with Crippen molar-refractivity contribution in [3.05, 3.63) is 46.4 Å². The van der Waals surface area contributed by atoms with Gasteiger partial charge >= 0.3 is 0 Å². The number of benzene rings is 1. The Morgan fingerprint density at radius 2 is 2.21 bits per heavy atom. The summed E-state index contributed by atoms with van der Waals surface area (Å²) in [6.07, 6.45) is 0. The second-order valence-corrected chi connectivity index (χ2v) is 7.60. The van der Waals surface area contributed by atoms with Crippen LogP contribution < -0.4 is 10.1 Å². The van der Waals surface area contributed by atoms with E-state index >= 15 is 0 Å². The molecule has 0 saturated carbocycles. The zero-order valence-corrected chi connectivity index (χ0v) is 16.5. The monoisotopic (exact) mass is 403 g/mol. The standard InChI is InChI=1S/C20H22ClN3O4/c1-11-3-16(28-24-11)10-27-19-6-18-13(5-17(19)21)4-15(23-18)7-22-20(25)12(2)14-8-26-9-14/h3-6,12,14,23H,7-10H2,1-2H3,(H,22,25)/t12-/m0/s1. The molecule has 3 heterocycles. The van der Waals surface area contributed by atoms with Crippen LogP contribution in [-0.4, -0.2) is 29.3 Å². The highest BCUT2D eigenvalue weighted by Crippen LogP contribution is 2.31. The summed E-state index contributed by atoms with van der Waals surface area (Å²) in [4.78, 5) is 15.6. The Balaban J connectivity index is 1.41. The van der Waals surface area contributed by atoms with Crippen LogP contribution in [0, 0.1) is 18.8 Å². The van der Waals surface area contributed by atoms with Gasteiger partial charge in [-0.2, -0.15) is 0 Å². The molecular formula is C20H22ClN3O4. The summed E-state index contributed by atoms with van der Waals surface area (Å²) >= 11 is 6.34. The van der Waals surface area contributed by atoms with Crippen LogP contribution >= 0.6 is 11.6 Å². The maximum Gasteiger partial charge on any atom is 0.223 e. The number of aryl methyl sites for hydroxylation is 1. The average Bonchev–Trinajstić information content (AvgIpc) is 3.21. The number of rotatable bonds is 7. The van der Waals surface area contributed by atoms with Crippen LogP contribution in [0.4, 0.5) is 0 Å². The Kier molecular flexibility index (Phi) is 5.28. The molecule has 2 N–H and O–H groups in total. The van der Waals surface area contributed by atoms with Crippen molar-refractivity contribution in [3.63, 3.8) is 0 Å². The minimum Gasteiger partial charge on any atom is -0.484 e. The first-order chi connectivity index (χ1) is 13.5. The molecule has 1 aliphatic rings. The molecule has 1 amide bonds. The molecule has 0 spiro atoms. The van der Waals surface area contributed by atoms with Gasteiger partial charge in [0.15, 0.2) is 5.76 Å². The van der Waals surface area contributed by atoms with Crippen molar-refractivity contribution >= 4 is 28.4 Å². The first-order valence-corrected chi connectivity index (χ1v) is 9.59. The van der Waals surface area contributed by atoms with Gasteiger partial charge in [-0.3, -0.25) is 4.79 Å². The van der Waals surface area contributed by atoms with Crippen molar-refractivity contribution in [2.75, 3.05) is 13.2 Å². The molecule has 3 aromatic rings. The minimum atomic E-state index is -0.0488. The highest BCUT2D eigenvalue weighted by atomic mass is 35.5. The van der Waals surface area contributed by atoms with E-state index in [0.717, 1.165) is 22.3 Å². The van der Waals surface area contributed by atoms with Gasteiger partial charge in [-0.05, 0) is 19.1 Å². The molecule has 1 aliphatic heterocycles. The van der Waals surface area contributed by atoms with Gasteiger partial charge in [-0.15, -0.1) is 0 Å². The number of fused-ring (bicyclic) bond motifs is 1. The third-order valence-electron chi connectivity index (χ3n) is 5.01. The Morgan fingerprint density at radius 1 is 1.39 bits per heavy atom. The third kappa shape index (κ3) is 4.00. The second kappa shape index (κ2) is 7.85. The molecule has 8 heteroatoms. The number of carbonyl (C=O) groups is 1. The van der Waals surface area contributed by atoms with Crippen molar-refractivity contribution in [1.29, 1.82) is 0 Å². The molecule has 1 aromatic carbocycles. The predicted octanol–water partition coefficient (Wildman–Crippen LogP) is 3.60. The van der Waals surface area contributed by atoms with Crippen LogP contribution in [-0.2, 0) is 22.7 Å². The van der Waals surface area contributed by atoms with E-state index in [1.54, 1.807) is 0 Å². The Hall–Kier alpha value is -2.51. The van der Waals surface area contributed by atoms with E-state index < -0.39 is 0 Å². The summed E-state index contributed by atoms with van der Waals surface area (Å²) in [5.74, 6) is 1.49. The number of H-pyrrole nitrogens is 1. The number of hydrogen-bond acceptors (Lipinski definition) is 5. The second-order valence-electron chi connectivity index (χ2n) is 7.19. The number of hydrogen-bond donors (Lipinski definition) is 2. The van der Waals surface area contributed by atoms with Gasteiger partial charge in [0.05, 0.1) is 30.5 Å². The lowest BCUT2D eigenvalue weighted by molar-refractivity contribution is -0.134. The quantitative estimate of drug-likeness (QED) is 0.629. The van der Waals surface area contributed by atoms with Gasteiger partial charge in [0.25, 0.3) is 0 Å². The number of ether oxygens (including phenoxy) is 2. The van der Waals surface area contributed by atoms with Crippen LogP contribution in [0.3, 0.4) is 0 Å². The smallest absolute Gasteiger partial charge is 0.223 e. The van der Waals surface area contributed by atoms with E-state index in [9.17, 15) is 4.79 Å². The normalized spacial score (nSPS) is 15.4. The van der Waals surface area contributed by atoms with Gasteiger partial charge in [0, 0.05) is 40.6 Å². The fourth-order valence-corrected chi connectivity index (χ4v) is 3.36. The van der Waals surface area contributed by atoms with Crippen molar-refractivity contribution in [3.8, 4) is 5.75 Å². The molecule has 1 fully saturated rings. The number of nitrogens with one attached hydrogen (secondary N) is 2. The molecule has 1 saturated heterocycles. The molecule has 1 atom stereocenters. The number of aromatic amines is 1. The number of carbonyl (C=O) groups excluding carboxylic acids is 1. The largest absolute Gasteiger partial charge is 0.484 e. The Morgan fingerprint density at radius 3 is 2.89 bits per heavy atom. The molecule has 2 aromatic heterocycles. The summed E-state index contributed by atoms with van der Waals surface area (Å²) in [5.41, 5.74) is 2.59. The Bertz CT molecular complexity index is 993. The summed E-state index contributed by atoms with van der Waals surface area (Å²) in [5, 5.41) is 8.28. The van der Waals surface area contributed by atoms with E-state index in [2.05, 4.69) is 15.5 Å². The molecule has 0 aliphatic carbocycles.